The van der Waals surface area contributed by atoms with Gasteiger partial charge in [-0.2, -0.15) is 8.42 Å². The van der Waals surface area contributed by atoms with Gasteiger partial charge >= 0.3 is 0 Å². The Labute approximate surface area is 265 Å². The molecule has 0 spiro atoms. The molecule has 0 amide bonds. The summed E-state index contributed by atoms with van der Waals surface area (Å²) < 4.78 is 41.7. The van der Waals surface area contributed by atoms with Crippen LogP contribution in [0.25, 0.3) is 43.9 Å². The maximum atomic E-state index is 12.5. The normalized spacial score (nSPS) is 12.0. The molecule has 0 atom stereocenters. The molecule has 0 unspecified atom stereocenters. The minimum absolute atomic E-state index is 0.118. The van der Waals surface area contributed by atoms with Gasteiger partial charge in [-0.1, -0.05) is 59.7 Å². The highest BCUT2D eigenvalue weighted by Gasteiger charge is 2.24. The molecule has 2 aliphatic rings. The van der Waals surface area contributed by atoms with Crippen LogP contribution in [0.4, 0.5) is 17.1 Å². The number of fused-ring (bicyclic) bond motifs is 2. The van der Waals surface area contributed by atoms with E-state index in [-0.39, 0.29) is 11.4 Å². The summed E-state index contributed by atoms with van der Waals surface area (Å²) in [6, 6.07) is 28.8. The highest BCUT2D eigenvalue weighted by Crippen LogP contribution is 2.43. The van der Waals surface area contributed by atoms with Gasteiger partial charge in [-0.05, 0) is 78.9 Å². The third-order valence-electron chi connectivity index (χ3n) is 7.95. The van der Waals surface area contributed by atoms with Crippen LogP contribution >= 0.6 is 0 Å². The molecule has 11 heteroatoms. The number of nitrogens with two attached hydrogens (primary N) is 1. The summed E-state index contributed by atoms with van der Waals surface area (Å²) in [5, 5.41) is 6.50. The van der Waals surface area contributed by atoms with Gasteiger partial charge in [-0.15, -0.1) is 0 Å². The van der Waals surface area contributed by atoms with E-state index in [1.165, 1.54) is 11.1 Å². The number of hydrogen-bond donors (Lipinski definition) is 2. The van der Waals surface area contributed by atoms with Gasteiger partial charge in [-0.3, -0.25) is 9.56 Å². The van der Waals surface area contributed by atoms with Gasteiger partial charge in [0.1, 0.15) is 16.2 Å². The number of anilines is 2. The monoisotopic (exact) mass is 630 g/mol. The van der Waals surface area contributed by atoms with Crippen LogP contribution in [0.5, 0.6) is 0 Å². The first-order valence-electron chi connectivity index (χ1n) is 14.4. The standard InChI is InChI=1S/C35H30N6O4S/c1-21-8-6-9-22(2)34(21)39-25-14-16-27-30(18-25)45-31-19-26(41(37)35-23(3)10-7-11-24(35)20-38-40-36)15-17-28(31)33(27)29-12-4-5-13-32(29)46(42,43)44/h4-19H,20,37H2,1-3H3,(H,42,43,44)/b39-25-. The Balaban J connectivity index is 1.63. The van der Waals surface area contributed by atoms with Crippen molar-refractivity contribution in [1.82, 2.24) is 0 Å². The molecule has 4 aromatic carbocycles. The molecule has 3 N–H and O–H groups in total. The highest BCUT2D eigenvalue weighted by atomic mass is 32.2. The minimum atomic E-state index is -4.56. The maximum absolute atomic E-state index is 12.5. The summed E-state index contributed by atoms with van der Waals surface area (Å²) in [6.45, 7) is 6.04. The van der Waals surface area contributed by atoms with E-state index in [1.807, 2.05) is 81.4 Å². The van der Waals surface area contributed by atoms with Crippen molar-refractivity contribution in [2.75, 3.05) is 5.01 Å². The summed E-state index contributed by atoms with van der Waals surface area (Å²) in [4.78, 5) is 7.57. The number of hydrogen-bond acceptors (Lipinski definition) is 7. The van der Waals surface area contributed by atoms with Gasteiger partial charge < -0.3 is 4.42 Å². The van der Waals surface area contributed by atoms with Crippen LogP contribution in [0.3, 0.4) is 0 Å². The van der Waals surface area contributed by atoms with E-state index in [4.69, 9.17) is 20.8 Å². The first-order valence-corrected chi connectivity index (χ1v) is 15.8. The molecule has 0 bridgehead atoms. The molecular weight excluding hydrogens is 600 g/mol. The van der Waals surface area contributed by atoms with Crippen LogP contribution in [0.2, 0.25) is 0 Å². The van der Waals surface area contributed by atoms with Crippen LogP contribution in [0.15, 0.2) is 116 Å². The molecule has 0 fully saturated rings. The molecule has 0 saturated heterocycles. The Bertz CT molecular complexity index is 2320. The van der Waals surface area contributed by atoms with Crippen molar-refractivity contribution in [3.8, 4) is 22.5 Å². The summed E-state index contributed by atoms with van der Waals surface area (Å²) in [5.74, 6) is 7.15. The Morgan fingerprint density at radius 1 is 0.870 bits per heavy atom. The van der Waals surface area contributed by atoms with Crippen molar-refractivity contribution in [3.05, 3.63) is 135 Å². The van der Waals surface area contributed by atoms with Crippen LogP contribution in [0, 0.1) is 20.8 Å². The molecule has 6 rings (SSSR count). The van der Waals surface area contributed by atoms with Crippen molar-refractivity contribution in [3.63, 3.8) is 0 Å². The van der Waals surface area contributed by atoms with Crippen LogP contribution in [-0.2, 0) is 16.7 Å². The van der Waals surface area contributed by atoms with E-state index in [9.17, 15) is 13.0 Å². The fraction of sp³-hybridized carbons (Fsp3) is 0.114. The van der Waals surface area contributed by atoms with Gasteiger partial charge in [0, 0.05) is 39.1 Å². The van der Waals surface area contributed by atoms with Crippen molar-refractivity contribution < 1.29 is 17.4 Å². The van der Waals surface area contributed by atoms with Crippen LogP contribution < -0.4 is 16.2 Å². The van der Waals surface area contributed by atoms with E-state index in [2.05, 4.69) is 10.0 Å². The second kappa shape index (κ2) is 12.2. The molecule has 1 aliphatic heterocycles. The van der Waals surface area contributed by atoms with Gasteiger partial charge in [-0.25, -0.2) is 10.8 Å². The van der Waals surface area contributed by atoms with Crippen molar-refractivity contribution in [2.45, 2.75) is 32.2 Å². The minimum Gasteiger partial charge on any atom is -0.456 e. The quantitative estimate of drug-likeness (QED) is 0.0343. The lowest BCUT2D eigenvalue weighted by atomic mass is 9.93. The van der Waals surface area contributed by atoms with Gasteiger partial charge in [0.15, 0.2) is 0 Å². The summed E-state index contributed by atoms with van der Waals surface area (Å²) >= 11 is 0. The van der Waals surface area contributed by atoms with Gasteiger partial charge in [0.25, 0.3) is 10.1 Å². The van der Waals surface area contributed by atoms with Crippen molar-refractivity contribution in [1.29, 1.82) is 0 Å². The Morgan fingerprint density at radius 2 is 1.59 bits per heavy atom. The fourth-order valence-corrected chi connectivity index (χ4v) is 6.51. The molecular formula is C35H30N6O4S. The Morgan fingerprint density at radius 3 is 2.33 bits per heavy atom. The number of benzene rings is 5. The Kier molecular flexibility index (Phi) is 8.08. The zero-order chi connectivity index (χ0) is 32.6. The van der Waals surface area contributed by atoms with Gasteiger partial charge in [0.05, 0.1) is 29.0 Å². The SMILES string of the molecule is Cc1cccc(C)c1/N=c1/ccc2c(-c3ccccc3S(=O)(=O)O)c3ccc(N(N)c4c(C)cccc4CN=[N+]=[N-])cc3oc-2c1. The average molecular weight is 631 g/mol. The van der Waals surface area contributed by atoms with E-state index in [1.54, 1.807) is 30.3 Å². The number of rotatable bonds is 7. The zero-order valence-corrected chi connectivity index (χ0v) is 26.2. The first-order chi connectivity index (χ1) is 22.1. The van der Waals surface area contributed by atoms with Crippen LogP contribution in [-0.4, -0.2) is 13.0 Å². The highest BCUT2D eigenvalue weighted by molar-refractivity contribution is 7.86. The third kappa shape index (κ3) is 5.71. The number of azide groups is 1. The van der Waals surface area contributed by atoms with E-state index in [0.29, 0.717) is 50.2 Å². The summed E-state index contributed by atoms with van der Waals surface area (Å²) in [7, 11) is -4.56. The number of hydrazine groups is 1. The molecule has 1 heterocycles. The zero-order valence-electron chi connectivity index (χ0n) is 25.3. The molecule has 0 radical (unpaired) electrons. The van der Waals surface area contributed by atoms with E-state index in [0.717, 1.165) is 27.9 Å². The smallest absolute Gasteiger partial charge is 0.295 e. The maximum Gasteiger partial charge on any atom is 0.295 e. The number of nitrogens with zero attached hydrogens (tertiary/aromatic N) is 5. The summed E-state index contributed by atoms with van der Waals surface area (Å²) in [5.41, 5.74) is 16.7. The Hall–Kier alpha value is -5.45. The summed E-state index contributed by atoms with van der Waals surface area (Å²) in [6.07, 6.45) is 0. The predicted molar refractivity (Wildman–Crippen MR) is 180 cm³/mol. The largest absolute Gasteiger partial charge is 0.456 e. The molecule has 230 valence electrons. The third-order valence-corrected chi connectivity index (χ3v) is 8.86. The molecule has 46 heavy (non-hydrogen) atoms. The molecule has 10 nitrogen and oxygen atoms in total. The molecule has 4 aromatic rings. The van der Waals surface area contributed by atoms with E-state index >= 15 is 0 Å². The first kappa shape index (κ1) is 30.6. The molecule has 0 aromatic heterocycles. The van der Waals surface area contributed by atoms with Crippen molar-refractivity contribution in [2.24, 2.45) is 15.9 Å². The number of para-hydroxylation sites is 2. The lowest BCUT2D eigenvalue weighted by molar-refractivity contribution is 0.483. The second-order valence-electron chi connectivity index (χ2n) is 11.0. The van der Waals surface area contributed by atoms with E-state index < -0.39 is 10.1 Å². The molecule has 1 aliphatic carbocycles. The average Bonchev–Trinajstić information content (AvgIpc) is 3.03. The van der Waals surface area contributed by atoms with Gasteiger partial charge in [0.2, 0.25) is 0 Å². The predicted octanol–water partition coefficient (Wildman–Crippen LogP) is 8.43. The lowest BCUT2D eigenvalue weighted by Crippen LogP contribution is -2.27. The fourth-order valence-electron chi connectivity index (χ4n) is 5.82. The number of aryl methyl sites for hydroxylation is 3. The molecule has 0 saturated carbocycles. The van der Waals surface area contributed by atoms with Crippen molar-refractivity contribution >= 4 is 38.1 Å². The van der Waals surface area contributed by atoms with Crippen LogP contribution in [0.1, 0.15) is 22.3 Å². The topological polar surface area (TPSA) is 158 Å². The lowest BCUT2D eigenvalue weighted by Gasteiger charge is -2.24. The second-order valence-corrected chi connectivity index (χ2v) is 12.4.